The molecule has 0 spiro atoms. The first-order chi connectivity index (χ1) is 15.2. The Morgan fingerprint density at radius 1 is 1.03 bits per heavy atom. The highest BCUT2D eigenvalue weighted by molar-refractivity contribution is 5.94. The van der Waals surface area contributed by atoms with Crippen LogP contribution in [-0.2, 0) is 6.54 Å². The second-order valence-electron chi connectivity index (χ2n) is 7.57. The summed E-state index contributed by atoms with van der Waals surface area (Å²) in [5, 5.41) is 10.0. The number of likely N-dealkylation sites (tertiary alicyclic amines) is 1. The molecule has 1 aliphatic rings. The molecule has 8 nitrogen and oxygen atoms in total. The minimum absolute atomic E-state index is 0.125. The average Bonchev–Trinajstić information content (AvgIpc) is 3.30. The number of nitrogens with zero attached hydrogens (tertiary/aromatic N) is 5. The second-order valence-corrected chi connectivity index (χ2v) is 7.57. The smallest absolute Gasteiger partial charge is 0.274 e. The Hall–Kier alpha value is -3.65. The van der Waals surface area contributed by atoms with Crippen molar-refractivity contribution in [3.05, 3.63) is 76.6 Å². The molecule has 2 aromatic carbocycles. The summed E-state index contributed by atoms with van der Waals surface area (Å²) < 4.78 is 1.49. The third-order valence-electron chi connectivity index (χ3n) is 5.69. The van der Waals surface area contributed by atoms with Crippen LogP contribution in [0.3, 0.4) is 0 Å². The molecule has 4 aromatic rings. The van der Waals surface area contributed by atoms with Crippen molar-refractivity contribution in [2.75, 3.05) is 13.2 Å². The Morgan fingerprint density at radius 3 is 2.58 bits per heavy atom. The molecular weight excluding hydrogens is 394 g/mol. The summed E-state index contributed by atoms with van der Waals surface area (Å²) in [7, 11) is 0. The molecule has 0 bridgehead atoms. The largest absolute Gasteiger partial charge is 0.395 e. The molecule has 31 heavy (non-hydrogen) atoms. The van der Waals surface area contributed by atoms with Crippen molar-refractivity contribution in [1.29, 1.82) is 0 Å². The molecule has 0 radical (unpaired) electrons. The van der Waals surface area contributed by atoms with E-state index in [1.165, 1.54) is 10.8 Å². The summed E-state index contributed by atoms with van der Waals surface area (Å²) in [4.78, 5) is 41.7. The average molecular weight is 415 g/mol. The van der Waals surface area contributed by atoms with E-state index >= 15 is 0 Å². The van der Waals surface area contributed by atoms with Crippen LogP contribution in [0.2, 0.25) is 0 Å². The summed E-state index contributed by atoms with van der Waals surface area (Å²) in [6.45, 7) is 0.476. The number of hydrogen-bond donors (Lipinski definition) is 1. The minimum Gasteiger partial charge on any atom is -0.395 e. The van der Waals surface area contributed by atoms with Crippen molar-refractivity contribution in [2.24, 2.45) is 0 Å². The molecular formula is C23H21N5O3. The van der Waals surface area contributed by atoms with Gasteiger partial charge in [0.15, 0.2) is 0 Å². The summed E-state index contributed by atoms with van der Waals surface area (Å²) in [5.74, 6) is 0.260. The number of hydrogen-bond acceptors (Lipinski definition) is 6. The Labute approximate surface area is 177 Å². The Bertz CT molecular complexity index is 1350. The Kier molecular flexibility index (Phi) is 4.91. The van der Waals surface area contributed by atoms with E-state index in [1.54, 1.807) is 23.1 Å². The summed E-state index contributed by atoms with van der Waals surface area (Å²) >= 11 is 0. The van der Waals surface area contributed by atoms with Gasteiger partial charge in [-0.2, -0.15) is 0 Å². The highest BCUT2D eigenvalue weighted by Gasteiger charge is 2.34. The normalized spacial score (nSPS) is 16.3. The van der Waals surface area contributed by atoms with Crippen LogP contribution in [0.15, 0.2) is 59.5 Å². The van der Waals surface area contributed by atoms with Gasteiger partial charge in [-0.3, -0.25) is 19.1 Å². The van der Waals surface area contributed by atoms with Gasteiger partial charge in [0.2, 0.25) is 0 Å². The third-order valence-corrected chi connectivity index (χ3v) is 5.69. The van der Waals surface area contributed by atoms with Crippen molar-refractivity contribution in [3.63, 3.8) is 0 Å². The second kappa shape index (κ2) is 7.88. The van der Waals surface area contributed by atoms with Crippen molar-refractivity contribution < 1.29 is 9.90 Å². The fourth-order valence-electron chi connectivity index (χ4n) is 4.24. The van der Waals surface area contributed by atoms with Crippen LogP contribution in [-0.4, -0.2) is 48.6 Å². The quantitative estimate of drug-likeness (QED) is 0.549. The standard InChI is InChI=1S/C23H21N5O3/c29-13-12-28-21(26-16-7-2-1-6-15(16)22(28)30)20-10-5-11-27(20)23(31)19-14-24-17-8-3-4-9-18(17)25-19/h1-4,6-9,14,20,29H,5,10-13H2. The number of para-hydroxylation sites is 3. The molecule has 5 rings (SSSR count). The van der Waals surface area contributed by atoms with Crippen LogP contribution in [0.5, 0.6) is 0 Å². The number of amides is 1. The van der Waals surface area contributed by atoms with Crippen molar-refractivity contribution in [1.82, 2.24) is 24.4 Å². The molecule has 1 unspecified atom stereocenters. The zero-order valence-electron chi connectivity index (χ0n) is 16.8. The first kappa shape index (κ1) is 19.3. The van der Waals surface area contributed by atoms with Gasteiger partial charge in [-0.05, 0) is 37.1 Å². The molecule has 156 valence electrons. The van der Waals surface area contributed by atoms with Gasteiger partial charge in [-0.1, -0.05) is 24.3 Å². The predicted octanol–water partition coefficient (Wildman–Crippen LogP) is 2.31. The van der Waals surface area contributed by atoms with Crippen LogP contribution in [0, 0.1) is 0 Å². The molecule has 8 heteroatoms. The van der Waals surface area contributed by atoms with Gasteiger partial charge in [0.25, 0.3) is 11.5 Å². The zero-order valence-corrected chi connectivity index (χ0v) is 16.8. The monoisotopic (exact) mass is 415 g/mol. The van der Waals surface area contributed by atoms with E-state index in [0.717, 1.165) is 11.9 Å². The van der Waals surface area contributed by atoms with Gasteiger partial charge < -0.3 is 10.0 Å². The lowest BCUT2D eigenvalue weighted by Crippen LogP contribution is -2.36. The minimum atomic E-state index is -0.371. The van der Waals surface area contributed by atoms with E-state index in [1.807, 2.05) is 30.3 Å². The lowest BCUT2D eigenvalue weighted by atomic mass is 10.1. The number of aliphatic hydroxyl groups is 1. The Morgan fingerprint density at radius 2 is 1.77 bits per heavy atom. The van der Waals surface area contributed by atoms with Crippen LogP contribution in [0.25, 0.3) is 21.9 Å². The van der Waals surface area contributed by atoms with Gasteiger partial charge in [-0.25, -0.2) is 9.97 Å². The van der Waals surface area contributed by atoms with Crippen molar-refractivity contribution in [2.45, 2.75) is 25.4 Å². The summed E-state index contributed by atoms with van der Waals surface area (Å²) in [6, 6.07) is 14.2. The van der Waals surface area contributed by atoms with E-state index in [0.29, 0.717) is 35.2 Å². The maximum atomic E-state index is 13.4. The Balaban J connectivity index is 1.58. The van der Waals surface area contributed by atoms with Crippen molar-refractivity contribution >= 4 is 27.8 Å². The van der Waals surface area contributed by atoms with Crippen LogP contribution < -0.4 is 5.56 Å². The van der Waals surface area contributed by atoms with Gasteiger partial charge in [0.1, 0.15) is 11.5 Å². The topological polar surface area (TPSA) is 101 Å². The number of aromatic nitrogens is 4. The number of rotatable bonds is 4. The molecule has 3 heterocycles. The van der Waals surface area contributed by atoms with Crippen LogP contribution in [0.4, 0.5) is 0 Å². The first-order valence-corrected chi connectivity index (χ1v) is 10.3. The molecule has 1 atom stereocenters. The maximum absolute atomic E-state index is 13.4. The third kappa shape index (κ3) is 3.34. The van der Waals surface area contributed by atoms with Gasteiger partial charge in [0, 0.05) is 6.54 Å². The van der Waals surface area contributed by atoms with E-state index in [9.17, 15) is 14.7 Å². The molecule has 1 saturated heterocycles. The summed E-state index contributed by atoms with van der Waals surface area (Å²) in [6.07, 6.45) is 2.97. The van der Waals surface area contributed by atoms with E-state index in [-0.39, 0.29) is 36.4 Å². The molecule has 0 saturated carbocycles. The first-order valence-electron chi connectivity index (χ1n) is 10.3. The zero-order chi connectivity index (χ0) is 21.4. The van der Waals surface area contributed by atoms with Gasteiger partial charge in [-0.15, -0.1) is 0 Å². The molecule has 2 aromatic heterocycles. The van der Waals surface area contributed by atoms with E-state index in [2.05, 4.69) is 9.97 Å². The SMILES string of the molecule is O=C(c1cnc2ccccc2n1)N1CCCC1c1nc2ccccc2c(=O)n1CCO. The van der Waals surface area contributed by atoms with Crippen LogP contribution in [0.1, 0.15) is 35.2 Å². The number of aliphatic hydroxyl groups excluding tert-OH is 1. The predicted molar refractivity (Wildman–Crippen MR) is 116 cm³/mol. The lowest BCUT2D eigenvalue weighted by Gasteiger charge is -2.26. The van der Waals surface area contributed by atoms with Crippen molar-refractivity contribution in [3.8, 4) is 0 Å². The highest BCUT2D eigenvalue weighted by Crippen LogP contribution is 2.32. The van der Waals surface area contributed by atoms with Crippen LogP contribution >= 0.6 is 0 Å². The molecule has 0 aliphatic carbocycles. The fraction of sp³-hybridized carbons (Fsp3) is 0.261. The summed E-state index contributed by atoms with van der Waals surface area (Å²) in [5.41, 5.74) is 2.03. The van der Waals surface area contributed by atoms with E-state index < -0.39 is 0 Å². The fourth-order valence-corrected chi connectivity index (χ4v) is 4.24. The van der Waals surface area contributed by atoms with Gasteiger partial charge in [0.05, 0.1) is 47.3 Å². The molecule has 1 N–H and O–H groups in total. The number of fused-ring (bicyclic) bond motifs is 2. The lowest BCUT2D eigenvalue weighted by molar-refractivity contribution is 0.0720. The number of benzene rings is 2. The number of carbonyl (C=O) groups is 1. The molecule has 1 aliphatic heterocycles. The number of carbonyl (C=O) groups excluding carboxylic acids is 1. The molecule has 1 amide bonds. The maximum Gasteiger partial charge on any atom is 0.274 e. The highest BCUT2D eigenvalue weighted by atomic mass is 16.3. The van der Waals surface area contributed by atoms with Gasteiger partial charge >= 0.3 is 0 Å². The molecule has 1 fully saturated rings. The van der Waals surface area contributed by atoms with E-state index in [4.69, 9.17) is 4.98 Å².